The summed E-state index contributed by atoms with van der Waals surface area (Å²) in [6.45, 7) is 1.25. The van der Waals surface area contributed by atoms with Crippen LogP contribution in [-0.2, 0) is 19.1 Å². The number of nitrogens with one attached hydrogen (secondary N) is 1. The summed E-state index contributed by atoms with van der Waals surface area (Å²) in [6, 6.07) is 9.52. The van der Waals surface area contributed by atoms with Crippen molar-refractivity contribution in [2.24, 2.45) is 0 Å². The number of carbonyl (C=O) groups excluding carboxylic acids is 1. The lowest BCUT2D eigenvalue weighted by molar-refractivity contribution is -0.137. The van der Waals surface area contributed by atoms with Crippen molar-refractivity contribution in [1.29, 1.82) is 0 Å². The van der Waals surface area contributed by atoms with Gasteiger partial charge in [0.25, 0.3) is 5.91 Å². The van der Waals surface area contributed by atoms with Crippen molar-refractivity contribution >= 4 is 29.2 Å². The van der Waals surface area contributed by atoms with Crippen molar-refractivity contribution in [2.45, 2.75) is 24.3 Å². The van der Waals surface area contributed by atoms with Crippen molar-refractivity contribution in [1.82, 2.24) is 15.0 Å². The first-order chi connectivity index (χ1) is 14.8. The van der Waals surface area contributed by atoms with Crippen molar-refractivity contribution in [3.8, 4) is 0 Å². The van der Waals surface area contributed by atoms with E-state index in [1.807, 2.05) is 17.4 Å². The van der Waals surface area contributed by atoms with Crippen LogP contribution in [0.5, 0.6) is 0 Å². The highest BCUT2D eigenvalue weighted by Gasteiger charge is 2.30. The lowest BCUT2D eigenvalue weighted by atomic mass is 10.1. The van der Waals surface area contributed by atoms with Gasteiger partial charge in [-0.15, -0.1) is 0 Å². The van der Waals surface area contributed by atoms with Crippen LogP contribution >= 0.6 is 11.8 Å². The second-order valence-electron chi connectivity index (χ2n) is 6.91. The Bertz CT molecular complexity index is 1120. The fourth-order valence-corrected chi connectivity index (χ4v) is 3.65. The molecule has 0 unspecified atom stereocenters. The molecule has 0 fully saturated rings. The van der Waals surface area contributed by atoms with Crippen molar-refractivity contribution in [2.75, 3.05) is 23.0 Å². The monoisotopic (exact) mass is 445 g/mol. The fourth-order valence-electron chi connectivity index (χ4n) is 3.29. The molecule has 0 atom stereocenters. The molecule has 1 amide bonds. The van der Waals surface area contributed by atoms with Gasteiger partial charge in [-0.1, -0.05) is 23.9 Å². The van der Waals surface area contributed by atoms with E-state index >= 15 is 0 Å². The van der Waals surface area contributed by atoms with Gasteiger partial charge in [0.05, 0.1) is 11.3 Å². The summed E-state index contributed by atoms with van der Waals surface area (Å²) in [5.74, 6) is 0.0304. The van der Waals surface area contributed by atoms with Crippen LogP contribution in [0.2, 0.25) is 0 Å². The van der Waals surface area contributed by atoms with Crippen LogP contribution in [0.3, 0.4) is 0 Å². The average molecular weight is 445 g/mol. The lowest BCUT2D eigenvalue weighted by Crippen LogP contribution is -2.32. The van der Waals surface area contributed by atoms with Gasteiger partial charge in [-0.3, -0.25) is 4.79 Å². The maximum atomic E-state index is 12.9. The van der Waals surface area contributed by atoms with Crippen LogP contribution in [0.25, 0.3) is 0 Å². The quantitative estimate of drug-likeness (QED) is 0.473. The van der Waals surface area contributed by atoms with E-state index in [2.05, 4.69) is 20.3 Å². The number of amides is 1. The van der Waals surface area contributed by atoms with E-state index in [4.69, 9.17) is 0 Å². The van der Waals surface area contributed by atoms with Gasteiger partial charge < -0.3 is 10.2 Å². The Morgan fingerprint density at radius 1 is 1.16 bits per heavy atom. The molecule has 0 aliphatic carbocycles. The molecule has 0 saturated carbocycles. The summed E-state index contributed by atoms with van der Waals surface area (Å²) >= 11 is 1.49. The first-order valence-electron chi connectivity index (χ1n) is 9.43. The van der Waals surface area contributed by atoms with Crippen LogP contribution in [0.4, 0.5) is 24.7 Å². The standard InChI is InChI=1S/C21H18F3N5OS/c1-31-20-25-11-13-12-29(9-8-16(13)28-20)18-7-3-6-17(27-18)19(30)26-15-5-2-4-14(10-15)21(22,23)24/h2-7,10-11H,8-9,12H2,1H3,(H,26,30). The second-order valence-corrected chi connectivity index (χ2v) is 7.69. The third kappa shape index (κ3) is 4.79. The van der Waals surface area contributed by atoms with Gasteiger partial charge >= 0.3 is 6.18 Å². The molecule has 4 rings (SSSR count). The number of aromatic nitrogens is 3. The molecule has 0 bridgehead atoms. The van der Waals surface area contributed by atoms with Gasteiger partial charge in [0.2, 0.25) is 0 Å². The number of carbonyl (C=O) groups is 1. The van der Waals surface area contributed by atoms with Crippen molar-refractivity contribution in [3.05, 3.63) is 71.2 Å². The molecule has 1 aromatic carbocycles. The highest BCUT2D eigenvalue weighted by molar-refractivity contribution is 7.98. The van der Waals surface area contributed by atoms with E-state index in [1.54, 1.807) is 12.1 Å². The van der Waals surface area contributed by atoms with Gasteiger partial charge in [-0.25, -0.2) is 15.0 Å². The molecule has 3 aromatic rings. The molecular weight excluding hydrogens is 427 g/mol. The third-order valence-corrected chi connectivity index (χ3v) is 5.40. The normalized spacial score (nSPS) is 13.6. The highest BCUT2D eigenvalue weighted by Crippen LogP contribution is 2.31. The SMILES string of the molecule is CSc1ncc2c(n1)CCN(c1cccc(C(=O)Nc3cccc(C(F)(F)F)c3)n1)C2. The van der Waals surface area contributed by atoms with Gasteiger partial charge in [-0.05, 0) is 36.6 Å². The van der Waals surface area contributed by atoms with Crippen LogP contribution < -0.4 is 10.2 Å². The van der Waals surface area contributed by atoms with E-state index < -0.39 is 17.6 Å². The molecule has 10 heteroatoms. The van der Waals surface area contributed by atoms with E-state index in [0.29, 0.717) is 18.9 Å². The number of hydrogen-bond donors (Lipinski definition) is 1. The summed E-state index contributed by atoms with van der Waals surface area (Å²) in [4.78, 5) is 27.9. The molecule has 31 heavy (non-hydrogen) atoms. The maximum absolute atomic E-state index is 12.9. The zero-order chi connectivity index (χ0) is 22.0. The minimum Gasteiger partial charge on any atom is -0.352 e. The van der Waals surface area contributed by atoms with E-state index in [0.717, 1.165) is 35.0 Å². The summed E-state index contributed by atoms with van der Waals surface area (Å²) < 4.78 is 38.7. The Morgan fingerprint density at radius 2 is 1.97 bits per heavy atom. The summed E-state index contributed by atoms with van der Waals surface area (Å²) in [6.07, 6.45) is -0.0152. The highest BCUT2D eigenvalue weighted by atomic mass is 32.2. The molecule has 3 heterocycles. The summed E-state index contributed by atoms with van der Waals surface area (Å²) in [5, 5.41) is 3.22. The zero-order valence-corrected chi connectivity index (χ0v) is 17.3. The van der Waals surface area contributed by atoms with E-state index in [-0.39, 0.29) is 11.4 Å². The number of pyridine rings is 1. The van der Waals surface area contributed by atoms with Crippen LogP contribution in [0.1, 0.15) is 27.3 Å². The molecule has 0 radical (unpaired) electrons. The minimum absolute atomic E-state index is 0.0562. The fraction of sp³-hybridized carbons (Fsp3) is 0.238. The van der Waals surface area contributed by atoms with E-state index in [1.165, 1.54) is 30.0 Å². The van der Waals surface area contributed by atoms with Crippen molar-refractivity contribution < 1.29 is 18.0 Å². The number of halogens is 3. The Labute approximate surface area is 180 Å². The smallest absolute Gasteiger partial charge is 0.352 e. The number of nitrogens with zero attached hydrogens (tertiary/aromatic N) is 4. The molecule has 0 spiro atoms. The third-order valence-electron chi connectivity index (χ3n) is 4.83. The Balaban J connectivity index is 1.50. The molecule has 2 aromatic heterocycles. The number of fused-ring (bicyclic) bond motifs is 1. The number of hydrogen-bond acceptors (Lipinski definition) is 6. The molecule has 1 N–H and O–H groups in total. The van der Waals surface area contributed by atoms with Gasteiger partial charge in [0, 0.05) is 37.0 Å². The molecule has 6 nitrogen and oxygen atoms in total. The van der Waals surface area contributed by atoms with E-state index in [9.17, 15) is 18.0 Å². The molecule has 0 saturated heterocycles. The Morgan fingerprint density at radius 3 is 2.74 bits per heavy atom. The van der Waals surface area contributed by atoms with Gasteiger partial charge in [0.15, 0.2) is 5.16 Å². The topological polar surface area (TPSA) is 71.0 Å². The second kappa shape index (κ2) is 8.54. The first kappa shape index (κ1) is 21.1. The number of anilines is 2. The predicted octanol–water partition coefficient (Wildman–Crippen LogP) is 4.43. The predicted molar refractivity (Wildman–Crippen MR) is 112 cm³/mol. The van der Waals surface area contributed by atoms with Crippen LogP contribution in [0, 0.1) is 0 Å². The minimum atomic E-state index is -4.48. The Hall–Kier alpha value is -3.14. The summed E-state index contributed by atoms with van der Waals surface area (Å²) in [7, 11) is 0. The number of rotatable bonds is 4. The average Bonchev–Trinajstić information content (AvgIpc) is 2.78. The molecular formula is C21H18F3N5OS. The zero-order valence-electron chi connectivity index (χ0n) is 16.5. The Kier molecular flexibility index (Phi) is 5.81. The van der Waals surface area contributed by atoms with Crippen LogP contribution in [-0.4, -0.2) is 33.7 Å². The molecule has 1 aliphatic heterocycles. The number of benzene rings is 1. The molecule has 160 valence electrons. The maximum Gasteiger partial charge on any atom is 0.416 e. The largest absolute Gasteiger partial charge is 0.416 e. The summed E-state index contributed by atoms with van der Waals surface area (Å²) in [5.41, 5.74) is 1.36. The van der Waals surface area contributed by atoms with Crippen LogP contribution in [0.15, 0.2) is 53.8 Å². The first-order valence-corrected chi connectivity index (χ1v) is 10.7. The lowest BCUT2D eigenvalue weighted by Gasteiger charge is -2.29. The molecule has 1 aliphatic rings. The van der Waals surface area contributed by atoms with Gasteiger partial charge in [-0.2, -0.15) is 13.2 Å². The number of alkyl halides is 3. The number of thioether (sulfide) groups is 1. The van der Waals surface area contributed by atoms with Crippen molar-refractivity contribution in [3.63, 3.8) is 0 Å². The van der Waals surface area contributed by atoms with Gasteiger partial charge in [0.1, 0.15) is 11.5 Å².